The number of para-hydroxylation sites is 1. The number of thiophene rings is 1. The Balaban J connectivity index is 2.13. The van der Waals surface area contributed by atoms with Crippen LogP contribution < -0.4 is 0 Å². The quantitative estimate of drug-likeness (QED) is 0.653. The summed E-state index contributed by atoms with van der Waals surface area (Å²) in [4.78, 5) is 18.8. The number of fused-ring (bicyclic) bond motifs is 1. The number of benzene rings is 1. The number of pyridine rings is 1. The highest BCUT2D eigenvalue weighted by atomic mass is 32.1. The molecule has 3 aromatic rings. The van der Waals surface area contributed by atoms with Crippen LogP contribution in [0.3, 0.4) is 0 Å². The molecular weight excluding hydrogens is 254 g/mol. The lowest BCUT2D eigenvalue weighted by molar-refractivity contribution is 0.103. The average Bonchev–Trinajstić information content (AvgIpc) is 2.84. The molecule has 2 aromatic heterocycles. The van der Waals surface area contributed by atoms with Crippen LogP contribution in [0.2, 0.25) is 0 Å². The fraction of sp³-hybridized carbons (Fsp3) is 0.125. The van der Waals surface area contributed by atoms with E-state index in [-0.39, 0.29) is 5.78 Å². The van der Waals surface area contributed by atoms with Crippen molar-refractivity contribution < 1.29 is 4.79 Å². The van der Waals surface area contributed by atoms with Gasteiger partial charge < -0.3 is 0 Å². The Morgan fingerprint density at radius 2 is 1.89 bits per heavy atom. The smallest absolute Gasteiger partial charge is 0.221 e. The summed E-state index contributed by atoms with van der Waals surface area (Å²) in [6.45, 7) is 4.01. The summed E-state index contributed by atoms with van der Waals surface area (Å²) in [6.07, 6.45) is 0. The number of hydrogen-bond acceptors (Lipinski definition) is 3. The first-order valence-corrected chi connectivity index (χ1v) is 6.94. The molecule has 3 heteroatoms. The van der Waals surface area contributed by atoms with Gasteiger partial charge in [-0.25, -0.2) is 4.98 Å². The molecule has 3 rings (SSSR count). The second-order valence-electron chi connectivity index (χ2n) is 4.58. The Morgan fingerprint density at radius 1 is 1.11 bits per heavy atom. The number of aromatic nitrogens is 1. The fourth-order valence-corrected chi connectivity index (χ4v) is 2.96. The minimum atomic E-state index is 0.00644. The molecule has 0 saturated heterocycles. The number of hydrogen-bond donors (Lipinski definition) is 0. The average molecular weight is 267 g/mol. The minimum absolute atomic E-state index is 0.00644. The van der Waals surface area contributed by atoms with E-state index in [1.807, 2.05) is 56.3 Å². The molecule has 0 fully saturated rings. The topological polar surface area (TPSA) is 30.0 Å². The van der Waals surface area contributed by atoms with Gasteiger partial charge in [0.05, 0.1) is 10.4 Å². The maximum absolute atomic E-state index is 12.4. The molecule has 0 radical (unpaired) electrons. The van der Waals surface area contributed by atoms with Crippen molar-refractivity contribution >= 4 is 28.0 Å². The second-order valence-corrected chi connectivity index (χ2v) is 5.87. The third-order valence-electron chi connectivity index (χ3n) is 3.12. The van der Waals surface area contributed by atoms with Crippen molar-refractivity contribution in [3.63, 3.8) is 0 Å². The highest BCUT2D eigenvalue weighted by molar-refractivity contribution is 7.14. The molecule has 0 unspecified atom stereocenters. The van der Waals surface area contributed by atoms with E-state index in [4.69, 9.17) is 0 Å². The Labute approximate surface area is 115 Å². The van der Waals surface area contributed by atoms with Crippen LogP contribution in [0, 0.1) is 13.8 Å². The van der Waals surface area contributed by atoms with Gasteiger partial charge in [-0.15, -0.1) is 11.3 Å². The molecule has 1 aromatic carbocycles. The molecule has 19 heavy (non-hydrogen) atoms. The predicted octanol–water partition coefficient (Wildman–Crippen LogP) is 4.14. The predicted molar refractivity (Wildman–Crippen MR) is 79.0 cm³/mol. The monoisotopic (exact) mass is 267 g/mol. The summed E-state index contributed by atoms with van der Waals surface area (Å²) in [7, 11) is 0. The third-order valence-corrected chi connectivity index (χ3v) is 4.12. The first-order valence-electron chi connectivity index (χ1n) is 6.12. The molecule has 2 heterocycles. The lowest BCUT2D eigenvalue weighted by atomic mass is 10.1. The highest BCUT2D eigenvalue weighted by Crippen LogP contribution is 2.22. The lowest BCUT2D eigenvalue weighted by Gasteiger charge is -2.04. The first-order chi connectivity index (χ1) is 9.15. The van der Waals surface area contributed by atoms with E-state index in [1.165, 1.54) is 11.3 Å². The van der Waals surface area contributed by atoms with Crippen molar-refractivity contribution in [2.24, 2.45) is 0 Å². The van der Waals surface area contributed by atoms with E-state index in [0.717, 1.165) is 26.2 Å². The van der Waals surface area contributed by atoms with Crippen LogP contribution in [-0.2, 0) is 0 Å². The number of nitrogens with zero attached hydrogens (tertiary/aromatic N) is 1. The summed E-state index contributed by atoms with van der Waals surface area (Å²) >= 11 is 1.51. The zero-order valence-corrected chi connectivity index (χ0v) is 11.6. The van der Waals surface area contributed by atoms with E-state index in [2.05, 4.69) is 4.98 Å². The van der Waals surface area contributed by atoms with Crippen LogP contribution in [0.15, 0.2) is 42.5 Å². The zero-order chi connectivity index (χ0) is 13.4. The Morgan fingerprint density at radius 3 is 2.63 bits per heavy atom. The highest BCUT2D eigenvalue weighted by Gasteiger charge is 2.14. The van der Waals surface area contributed by atoms with Gasteiger partial charge in [-0.05, 0) is 43.7 Å². The number of carbonyl (C=O) groups is 1. The van der Waals surface area contributed by atoms with Gasteiger partial charge in [0.2, 0.25) is 5.78 Å². The molecule has 2 nitrogen and oxygen atoms in total. The van der Waals surface area contributed by atoms with Crippen LogP contribution in [0.25, 0.3) is 10.9 Å². The largest absolute Gasteiger partial charge is 0.286 e. The van der Waals surface area contributed by atoms with Crippen molar-refractivity contribution in [1.82, 2.24) is 4.98 Å². The standard InChI is InChI=1S/C16H13NOS/c1-10-9-14(16(18)15-8-7-11(2)19-15)17-13-6-4-3-5-12(10)13/h3-9H,1-2H3. The molecule has 0 aliphatic rings. The van der Waals surface area contributed by atoms with Gasteiger partial charge in [0.1, 0.15) is 5.69 Å². The number of rotatable bonds is 2. The van der Waals surface area contributed by atoms with E-state index >= 15 is 0 Å². The molecular formula is C16H13NOS. The minimum Gasteiger partial charge on any atom is -0.286 e. The number of ketones is 1. The molecule has 0 aliphatic carbocycles. The maximum atomic E-state index is 12.4. The molecule has 0 bridgehead atoms. The summed E-state index contributed by atoms with van der Waals surface area (Å²) in [5.41, 5.74) is 2.49. The first kappa shape index (κ1) is 12.1. The van der Waals surface area contributed by atoms with Crippen LogP contribution in [0.5, 0.6) is 0 Å². The van der Waals surface area contributed by atoms with Gasteiger partial charge in [-0.3, -0.25) is 4.79 Å². The molecule has 0 atom stereocenters. The SMILES string of the molecule is Cc1ccc(C(=O)c2cc(C)c3ccccc3n2)s1. The van der Waals surface area contributed by atoms with E-state index in [0.29, 0.717) is 5.69 Å². The van der Waals surface area contributed by atoms with Gasteiger partial charge in [-0.1, -0.05) is 18.2 Å². The van der Waals surface area contributed by atoms with Crippen LogP contribution in [-0.4, -0.2) is 10.8 Å². The normalized spacial score (nSPS) is 10.8. The number of carbonyl (C=O) groups excluding carboxylic acids is 1. The third kappa shape index (κ3) is 2.17. The Kier molecular flexibility index (Phi) is 2.91. The van der Waals surface area contributed by atoms with Crippen LogP contribution in [0.4, 0.5) is 0 Å². The zero-order valence-electron chi connectivity index (χ0n) is 10.8. The van der Waals surface area contributed by atoms with Crippen LogP contribution in [0.1, 0.15) is 25.8 Å². The molecule has 0 spiro atoms. The van der Waals surface area contributed by atoms with E-state index < -0.39 is 0 Å². The summed E-state index contributed by atoms with van der Waals surface area (Å²) < 4.78 is 0. The summed E-state index contributed by atoms with van der Waals surface area (Å²) in [6, 6.07) is 13.6. The van der Waals surface area contributed by atoms with Gasteiger partial charge in [0.15, 0.2) is 0 Å². The van der Waals surface area contributed by atoms with Crippen LogP contribution >= 0.6 is 11.3 Å². The van der Waals surface area contributed by atoms with Crippen molar-refractivity contribution in [3.8, 4) is 0 Å². The van der Waals surface area contributed by atoms with Gasteiger partial charge in [-0.2, -0.15) is 0 Å². The lowest BCUT2D eigenvalue weighted by Crippen LogP contribution is -2.03. The van der Waals surface area contributed by atoms with E-state index in [9.17, 15) is 4.79 Å². The Bertz CT molecular complexity index is 773. The molecule has 0 amide bonds. The maximum Gasteiger partial charge on any atom is 0.221 e. The fourth-order valence-electron chi connectivity index (χ4n) is 2.15. The Hall–Kier alpha value is -2.00. The molecule has 94 valence electrons. The van der Waals surface area contributed by atoms with Gasteiger partial charge in [0, 0.05) is 10.3 Å². The van der Waals surface area contributed by atoms with Crippen molar-refractivity contribution in [1.29, 1.82) is 0 Å². The van der Waals surface area contributed by atoms with Crippen molar-refractivity contribution in [2.75, 3.05) is 0 Å². The number of aryl methyl sites for hydroxylation is 2. The van der Waals surface area contributed by atoms with E-state index in [1.54, 1.807) is 0 Å². The molecule has 0 saturated carbocycles. The van der Waals surface area contributed by atoms with Crippen molar-refractivity contribution in [3.05, 3.63) is 63.5 Å². The summed E-state index contributed by atoms with van der Waals surface area (Å²) in [5.74, 6) is 0.00644. The van der Waals surface area contributed by atoms with Gasteiger partial charge >= 0.3 is 0 Å². The van der Waals surface area contributed by atoms with Gasteiger partial charge in [0.25, 0.3) is 0 Å². The summed E-state index contributed by atoms with van der Waals surface area (Å²) in [5, 5.41) is 1.10. The molecule has 0 aliphatic heterocycles. The second kappa shape index (κ2) is 4.59. The van der Waals surface area contributed by atoms with Crippen molar-refractivity contribution in [2.45, 2.75) is 13.8 Å². The molecule has 0 N–H and O–H groups in total.